The molecule has 8 heteroatoms. The van der Waals surface area contributed by atoms with Crippen molar-refractivity contribution in [2.75, 3.05) is 13.2 Å². The third-order valence-electron chi connectivity index (χ3n) is 4.23. The standard InChI is InChI=1S/C20H24N4O3S/c1-4-27-20-15(2)13-17(14-16(20)3)28(25,26)22-10-12-24-11-8-19(23-24)18-7-5-6-9-21-18/h5-9,11,13-14,22H,4,10,12H2,1-3H3. The highest BCUT2D eigenvalue weighted by molar-refractivity contribution is 7.89. The van der Waals surface area contributed by atoms with Crippen LogP contribution in [0.4, 0.5) is 0 Å². The average Bonchev–Trinajstić information content (AvgIpc) is 3.14. The molecule has 0 radical (unpaired) electrons. The van der Waals surface area contributed by atoms with Crippen molar-refractivity contribution in [1.29, 1.82) is 0 Å². The lowest BCUT2D eigenvalue weighted by Crippen LogP contribution is -2.27. The van der Waals surface area contributed by atoms with E-state index >= 15 is 0 Å². The number of aryl methyl sites for hydroxylation is 2. The van der Waals surface area contributed by atoms with Gasteiger partial charge in [0.2, 0.25) is 10.0 Å². The third-order valence-corrected chi connectivity index (χ3v) is 5.67. The summed E-state index contributed by atoms with van der Waals surface area (Å²) >= 11 is 0. The maximum atomic E-state index is 12.6. The summed E-state index contributed by atoms with van der Waals surface area (Å²) < 4.78 is 35.2. The second kappa shape index (κ2) is 8.53. The number of aromatic nitrogens is 3. The maximum absolute atomic E-state index is 12.6. The van der Waals surface area contributed by atoms with Crippen molar-refractivity contribution in [3.63, 3.8) is 0 Å². The van der Waals surface area contributed by atoms with E-state index in [4.69, 9.17) is 4.74 Å². The fraction of sp³-hybridized carbons (Fsp3) is 0.300. The highest BCUT2D eigenvalue weighted by Gasteiger charge is 2.17. The Kier molecular flexibility index (Phi) is 6.11. The summed E-state index contributed by atoms with van der Waals surface area (Å²) in [5, 5.41) is 4.44. The van der Waals surface area contributed by atoms with Crippen LogP contribution in [0.2, 0.25) is 0 Å². The lowest BCUT2D eigenvalue weighted by Gasteiger charge is -2.13. The Morgan fingerprint density at radius 2 is 1.86 bits per heavy atom. The first-order valence-electron chi connectivity index (χ1n) is 9.09. The molecule has 1 N–H and O–H groups in total. The Hall–Kier alpha value is -2.71. The Labute approximate surface area is 165 Å². The molecule has 3 rings (SSSR count). The van der Waals surface area contributed by atoms with Crippen LogP contribution in [0.15, 0.2) is 53.7 Å². The molecule has 0 fully saturated rings. The second-order valence-corrected chi connectivity index (χ2v) is 8.16. The Bertz CT molecular complexity index is 1020. The molecule has 0 bridgehead atoms. The maximum Gasteiger partial charge on any atom is 0.240 e. The van der Waals surface area contributed by atoms with Gasteiger partial charge in [-0.05, 0) is 62.2 Å². The minimum Gasteiger partial charge on any atom is -0.493 e. The fourth-order valence-electron chi connectivity index (χ4n) is 2.95. The first-order valence-corrected chi connectivity index (χ1v) is 10.6. The molecule has 2 aromatic heterocycles. The van der Waals surface area contributed by atoms with Crippen LogP contribution >= 0.6 is 0 Å². The zero-order chi connectivity index (χ0) is 20.1. The minimum absolute atomic E-state index is 0.233. The van der Waals surface area contributed by atoms with E-state index in [1.54, 1.807) is 23.0 Å². The molecule has 28 heavy (non-hydrogen) atoms. The smallest absolute Gasteiger partial charge is 0.240 e. The van der Waals surface area contributed by atoms with E-state index in [1.807, 2.05) is 51.2 Å². The van der Waals surface area contributed by atoms with Gasteiger partial charge in [0.1, 0.15) is 11.4 Å². The Morgan fingerprint density at radius 1 is 1.11 bits per heavy atom. The summed E-state index contributed by atoms with van der Waals surface area (Å²) in [6.45, 7) is 6.79. The Morgan fingerprint density at radius 3 is 2.50 bits per heavy atom. The van der Waals surface area contributed by atoms with Gasteiger partial charge in [0, 0.05) is 18.9 Å². The molecule has 0 saturated heterocycles. The van der Waals surface area contributed by atoms with E-state index in [0.717, 1.165) is 28.3 Å². The number of pyridine rings is 1. The summed E-state index contributed by atoms with van der Waals surface area (Å²) in [6, 6.07) is 10.7. The van der Waals surface area contributed by atoms with Crippen molar-refractivity contribution >= 4 is 10.0 Å². The first-order chi connectivity index (χ1) is 13.4. The van der Waals surface area contributed by atoms with Crippen LogP contribution in [-0.2, 0) is 16.6 Å². The number of rotatable bonds is 8. The van der Waals surface area contributed by atoms with Crippen molar-refractivity contribution in [3.8, 4) is 17.1 Å². The third kappa shape index (κ3) is 4.58. The molecule has 2 heterocycles. The molecule has 0 spiro atoms. The van der Waals surface area contributed by atoms with E-state index in [2.05, 4.69) is 14.8 Å². The second-order valence-electron chi connectivity index (χ2n) is 6.40. The summed E-state index contributed by atoms with van der Waals surface area (Å²) in [5.74, 6) is 0.736. The predicted molar refractivity (Wildman–Crippen MR) is 108 cm³/mol. The number of hydrogen-bond donors (Lipinski definition) is 1. The summed E-state index contributed by atoms with van der Waals surface area (Å²) in [5.41, 5.74) is 3.13. The normalized spacial score (nSPS) is 11.5. The average molecular weight is 401 g/mol. The highest BCUT2D eigenvalue weighted by Crippen LogP contribution is 2.26. The van der Waals surface area contributed by atoms with Gasteiger partial charge in [-0.15, -0.1) is 0 Å². The van der Waals surface area contributed by atoms with E-state index in [-0.39, 0.29) is 11.4 Å². The molecule has 148 valence electrons. The molecule has 0 aliphatic rings. The summed E-state index contributed by atoms with van der Waals surface area (Å²) in [4.78, 5) is 4.50. The topological polar surface area (TPSA) is 86.1 Å². The van der Waals surface area contributed by atoms with Gasteiger partial charge in [-0.2, -0.15) is 5.10 Å². The molecule has 0 unspecified atom stereocenters. The largest absolute Gasteiger partial charge is 0.493 e. The van der Waals surface area contributed by atoms with Crippen molar-refractivity contribution in [2.45, 2.75) is 32.2 Å². The van der Waals surface area contributed by atoms with E-state index in [9.17, 15) is 8.42 Å². The van der Waals surface area contributed by atoms with Crippen molar-refractivity contribution in [3.05, 3.63) is 59.9 Å². The molecule has 7 nitrogen and oxygen atoms in total. The molecule has 0 atom stereocenters. The van der Waals surface area contributed by atoms with Crippen molar-refractivity contribution in [1.82, 2.24) is 19.5 Å². The van der Waals surface area contributed by atoms with Crippen LogP contribution in [0, 0.1) is 13.8 Å². The van der Waals surface area contributed by atoms with Gasteiger partial charge in [0.15, 0.2) is 0 Å². The molecule has 0 aliphatic carbocycles. The zero-order valence-corrected chi connectivity index (χ0v) is 17.0. The number of nitrogens with zero attached hydrogens (tertiary/aromatic N) is 3. The van der Waals surface area contributed by atoms with Crippen LogP contribution in [0.5, 0.6) is 5.75 Å². The monoisotopic (exact) mass is 400 g/mol. The summed E-state index contributed by atoms with van der Waals surface area (Å²) in [6.07, 6.45) is 3.52. The molecule has 0 saturated carbocycles. The van der Waals surface area contributed by atoms with Gasteiger partial charge in [-0.25, -0.2) is 13.1 Å². The molecule has 3 aromatic rings. The molecular formula is C20H24N4O3S. The van der Waals surface area contributed by atoms with Crippen LogP contribution in [0.1, 0.15) is 18.1 Å². The van der Waals surface area contributed by atoms with Gasteiger partial charge in [0.25, 0.3) is 0 Å². The SMILES string of the molecule is CCOc1c(C)cc(S(=O)(=O)NCCn2ccc(-c3ccccn3)n2)cc1C. The quantitative estimate of drug-likeness (QED) is 0.628. The predicted octanol–water partition coefficient (Wildman–Crippen LogP) is 2.94. The van der Waals surface area contributed by atoms with Crippen LogP contribution in [0.3, 0.4) is 0 Å². The van der Waals surface area contributed by atoms with E-state index in [1.165, 1.54) is 0 Å². The summed E-state index contributed by atoms with van der Waals surface area (Å²) in [7, 11) is -3.61. The fourth-order valence-corrected chi connectivity index (χ4v) is 4.14. The van der Waals surface area contributed by atoms with Crippen LogP contribution < -0.4 is 9.46 Å². The van der Waals surface area contributed by atoms with Crippen LogP contribution in [-0.4, -0.2) is 36.3 Å². The number of hydrogen-bond acceptors (Lipinski definition) is 5. The minimum atomic E-state index is -3.61. The van der Waals surface area contributed by atoms with Gasteiger partial charge in [-0.3, -0.25) is 9.67 Å². The Balaban J connectivity index is 1.65. The lowest BCUT2D eigenvalue weighted by molar-refractivity contribution is 0.335. The number of sulfonamides is 1. The highest BCUT2D eigenvalue weighted by atomic mass is 32.2. The van der Waals surface area contributed by atoms with Crippen LogP contribution in [0.25, 0.3) is 11.4 Å². The molecule has 1 aromatic carbocycles. The molecule has 0 aliphatic heterocycles. The lowest BCUT2D eigenvalue weighted by atomic mass is 10.1. The van der Waals surface area contributed by atoms with E-state index < -0.39 is 10.0 Å². The molecular weight excluding hydrogens is 376 g/mol. The van der Waals surface area contributed by atoms with Gasteiger partial charge >= 0.3 is 0 Å². The van der Waals surface area contributed by atoms with Crippen molar-refractivity contribution in [2.24, 2.45) is 0 Å². The zero-order valence-electron chi connectivity index (χ0n) is 16.2. The number of nitrogens with one attached hydrogen (secondary N) is 1. The first kappa shape index (κ1) is 20.0. The van der Waals surface area contributed by atoms with Gasteiger partial charge in [-0.1, -0.05) is 6.07 Å². The van der Waals surface area contributed by atoms with Crippen molar-refractivity contribution < 1.29 is 13.2 Å². The number of ether oxygens (including phenoxy) is 1. The molecule has 0 amide bonds. The number of benzene rings is 1. The van der Waals surface area contributed by atoms with Gasteiger partial charge < -0.3 is 4.74 Å². The van der Waals surface area contributed by atoms with Gasteiger partial charge in [0.05, 0.1) is 23.7 Å². The van der Waals surface area contributed by atoms with E-state index in [0.29, 0.717) is 13.2 Å².